The predicted octanol–water partition coefficient (Wildman–Crippen LogP) is 3.74. The van der Waals surface area contributed by atoms with Crippen LogP contribution in [-0.2, 0) is 9.47 Å². The van der Waals surface area contributed by atoms with Gasteiger partial charge in [-0.2, -0.15) is 0 Å². The number of nitrogens with two attached hydrogens (primary N) is 1. The average molecular weight is 455 g/mol. The average Bonchev–Trinajstić information content (AvgIpc) is 3.46. The van der Waals surface area contributed by atoms with Crippen molar-refractivity contribution in [1.29, 1.82) is 0 Å². The summed E-state index contributed by atoms with van der Waals surface area (Å²) in [5, 5.41) is 13.3. The molecule has 2 aliphatic heterocycles. The van der Waals surface area contributed by atoms with Gasteiger partial charge in [-0.15, -0.1) is 0 Å². The van der Waals surface area contributed by atoms with Crippen molar-refractivity contribution in [2.75, 3.05) is 0 Å². The fourth-order valence-corrected chi connectivity index (χ4v) is 5.76. The standard InChI is InChI=1S/C26H21N3O5/c1-11-24(30)14(27)10-17(33-11)29-16-9-5-3-7-13(16)19-21-20(25(31)34-26(21)32)18-12-6-2-4-8-15(12)28-22(18)23(19)29/h2-9,11,14,17,24,28,30H,10,27H2,1H3. The molecule has 4 unspecified atom stereocenters. The van der Waals surface area contributed by atoms with E-state index in [0.717, 1.165) is 32.8 Å². The van der Waals surface area contributed by atoms with Crippen molar-refractivity contribution in [1.82, 2.24) is 9.55 Å². The summed E-state index contributed by atoms with van der Waals surface area (Å²) < 4.78 is 13.4. The Bertz CT molecular complexity index is 1690. The van der Waals surface area contributed by atoms with Gasteiger partial charge in [-0.25, -0.2) is 9.59 Å². The van der Waals surface area contributed by atoms with Crippen LogP contribution in [0.3, 0.4) is 0 Å². The first-order chi connectivity index (χ1) is 16.5. The number of carbonyl (C=O) groups excluding carboxylic acids is 2. The van der Waals surface area contributed by atoms with Crippen molar-refractivity contribution < 1.29 is 24.2 Å². The highest BCUT2D eigenvalue weighted by Gasteiger charge is 2.40. The van der Waals surface area contributed by atoms with Gasteiger partial charge in [-0.3, -0.25) is 0 Å². The van der Waals surface area contributed by atoms with E-state index in [1.54, 1.807) is 6.92 Å². The van der Waals surface area contributed by atoms with Gasteiger partial charge in [0.1, 0.15) is 6.23 Å². The van der Waals surface area contributed by atoms with Crippen LogP contribution in [0.25, 0.3) is 43.6 Å². The highest BCUT2D eigenvalue weighted by molar-refractivity contribution is 6.36. The molecule has 5 aromatic rings. The number of nitrogens with zero attached hydrogens (tertiary/aromatic N) is 1. The Labute approximate surface area is 192 Å². The van der Waals surface area contributed by atoms with E-state index in [-0.39, 0.29) is 11.1 Å². The van der Waals surface area contributed by atoms with Crippen molar-refractivity contribution in [3.05, 3.63) is 59.7 Å². The van der Waals surface area contributed by atoms with Crippen LogP contribution in [0, 0.1) is 0 Å². The molecule has 0 saturated carbocycles. The normalized spacial score (nSPS) is 25.0. The Morgan fingerprint density at radius 3 is 2.44 bits per heavy atom. The molecule has 4 atom stereocenters. The smallest absolute Gasteiger partial charge is 0.347 e. The van der Waals surface area contributed by atoms with Crippen molar-refractivity contribution in [3.63, 3.8) is 0 Å². The van der Waals surface area contributed by atoms with Crippen molar-refractivity contribution in [3.8, 4) is 0 Å². The zero-order chi connectivity index (χ0) is 23.3. The number of carbonyl (C=O) groups is 2. The number of aliphatic hydroxyl groups is 1. The Kier molecular flexibility index (Phi) is 3.87. The molecule has 3 aromatic carbocycles. The molecule has 34 heavy (non-hydrogen) atoms. The maximum atomic E-state index is 13.0. The third-order valence-corrected chi connectivity index (χ3v) is 7.25. The third kappa shape index (κ3) is 2.37. The lowest BCUT2D eigenvalue weighted by Crippen LogP contribution is -2.49. The van der Waals surface area contributed by atoms with Gasteiger partial charge in [0.2, 0.25) is 0 Å². The van der Waals surface area contributed by atoms with Gasteiger partial charge >= 0.3 is 11.9 Å². The molecule has 1 saturated heterocycles. The Morgan fingerprint density at radius 1 is 1.00 bits per heavy atom. The molecule has 4 N–H and O–H groups in total. The monoisotopic (exact) mass is 455 g/mol. The number of nitrogens with one attached hydrogen (secondary N) is 1. The number of aromatic nitrogens is 2. The second-order valence-electron chi connectivity index (χ2n) is 9.14. The van der Waals surface area contributed by atoms with E-state index in [2.05, 4.69) is 4.98 Å². The first-order valence-corrected chi connectivity index (χ1v) is 11.3. The number of rotatable bonds is 1. The minimum Gasteiger partial charge on any atom is -0.389 e. The van der Waals surface area contributed by atoms with Gasteiger partial charge in [0.05, 0.1) is 39.9 Å². The Hall–Kier alpha value is -3.72. The van der Waals surface area contributed by atoms with Crippen LogP contribution in [-0.4, -0.2) is 44.8 Å². The maximum absolute atomic E-state index is 13.0. The number of benzene rings is 3. The summed E-state index contributed by atoms with van der Waals surface area (Å²) in [5.41, 5.74) is 10.0. The number of fused-ring (bicyclic) bond motifs is 10. The highest BCUT2D eigenvalue weighted by Crippen LogP contribution is 2.46. The summed E-state index contributed by atoms with van der Waals surface area (Å²) in [7, 11) is 0. The molecule has 8 heteroatoms. The van der Waals surface area contributed by atoms with E-state index in [1.807, 2.05) is 53.1 Å². The van der Waals surface area contributed by atoms with Crippen molar-refractivity contribution >= 4 is 55.6 Å². The molecule has 7 rings (SSSR count). The van der Waals surface area contributed by atoms with Crippen LogP contribution in [0.2, 0.25) is 0 Å². The van der Waals surface area contributed by atoms with Gasteiger partial charge in [-0.1, -0.05) is 36.4 Å². The van der Waals surface area contributed by atoms with Gasteiger partial charge < -0.3 is 29.9 Å². The van der Waals surface area contributed by atoms with E-state index in [1.165, 1.54) is 0 Å². The molecule has 8 nitrogen and oxygen atoms in total. The number of para-hydroxylation sites is 2. The zero-order valence-corrected chi connectivity index (χ0v) is 18.2. The minimum absolute atomic E-state index is 0.278. The van der Waals surface area contributed by atoms with Gasteiger partial charge in [0, 0.05) is 39.5 Å². The van der Waals surface area contributed by atoms with Crippen LogP contribution < -0.4 is 5.73 Å². The summed E-state index contributed by atoms with van der Waals surface area (Å²) in [6.45, 7) is 1.80. The van der Waals surface area contributed by atoms with E-state index < -0.39 is 36.4 Å². The summed E-state index contributed by atoms with van der Waals surface area (Å²) in [6.07, 6.45) is -1.32. The fourth-order valence-electron chi connectivity index (χ4n) is 5.76. The van der Waals surface area contributed by atoms with Crippen LogP contribution in [0.4, 0.5) is 0 Å². The summed E-state index contributed by atoms with van der Waals surface area (Å²) in [4.78, 5) is 29.4. The van der Waals surface area contributed by atoms with E-state index in [4.69, 9.17) is 15.2 Å². The lowest BCUT2D eigenvalue weighted by Gasteiger charge is -2.37. The second kappa shape index (κ2) is 6.66. The minimum atomic E-state index is -0.769. The van der Waals surface area contributed by atoms with E-state index in [0.29, 0.717) is 17.2 Å². The van der Waals surface area contributed by atoms with Crippen molar-refractivity contribution in [2.45, 2.75) is 37.8 Å². The molecule has 0 bridgehead atoms. The number of aromatic amines is 1. The van der Waals surface area contributed by atoms with Crippen LogP contribution >= 0.6 is 0 Å². The van der Waals surface area contributed by atoms with Crippen LogP contribution in [0.15, 0.2) is 48.5 Å². The van der Waals surface area contributed by atoms with Gasteiger partial charge in [0.15, 0.2) is 0 Å². The molecule has 2 aromatic heterocycles. The Morgan fingerprint density at radius 2 is 1.68 bits per heavy atom. The molecule has 4 heterocycles. The van der Waals surface area contributed by atoms with Gasteiger partial charge in [-0.05, 0) is 19.1 Å². The fraction of sp³-hybridized carbons (Fsp3) is 0.231. The van der Waals surface area contributed by atoms with E-state index in [9.17, 15) is 14.7 Å². The quantitative estimate of drug-likeness (QED) is 0.262. The van der Waals surface area contributed by atoms with Gasteiger partial charge in [0.25, 0.3) is 0 Å². The summed E-state index contributed by atoms with van der Waals surface area (Å²) in [6, 6.07) is 14.9. The number of hydrogen-bond acceptors (Lipinski definition) is 6. The number of H-pyrrole nitrogens is 1. The van der Waals surface area contributed by atoms with Crippen LogP contribution in [0.5, 0.6) is 0 Å². The molecule has 2 aliphatic rings. The predicted molar refractivity (Wildman–Crippen MR) is 127 cm³/mol. The first-order valence-electron chi connectivity index (χ1n) is 11.3. The maximum Gasteiger partial charge on any atom is 0.347 e. The largest absolute Gasteiger partial charge is 0.389 e. The molecular formula is C26H21N3O5. The molecule has 170 valence electrons. The molecule has 0 spiro atoms. The van der Waals surface area contributed by atoms with Crippen molar-refractivity contribution in [2.24, 2.45) is 5.73 Å². The van der Waals surface area contributed by atoms with E-state index >= 15 is 0 Å². The summed E-state index contributed by atoms with van der Waals surface area (Å²) >= 11 is 0. The number of esters is 2. The molecule has 0 aliphatic carbocycles. The zero-order valence-electron chi connectivity index (χ0n) is 18.2. The van der Waals surface area contributed by atoms with Crippen LogP contribution in [0.1, 0.15) is 40.3 Å². The Balaban J connectivity index is 1.72. The summed E-state index contributed by atoms with van der Waals surface area (Å²) in [5.74, 6) is -1.29. The molecular weight excluding hydrogens is 434 g/mol. The lowest BCUT2D eigenvalue weighted by molar-refractivity contribution is -0.142. The highest BCUT2D eigenvalue weighted by atomic mass is 16.6. The molecule has 0 amide bonds. The lowest BCUT2D eigenvalue weighted by atomic mass is 9.96. The number of ether oxygens (including phenoxy) is 2. The molecule has 1 fully saturated rings. The number of hydrogen-bond donors (Lipinski definition) is 3. The second-order valence-corrected chi connectivity index (χ2v) is 9.14. The topological polar surface area (TPSA) is 120 Å². The molecule has 0 radical (unpaired) electrons. The SMILES string of the molecule is CC1OC(n2c3ccccc3c3c4c(c5c6ccccc6[nH]c5c32)C(=O)OC4=O)CC(N)C1O. The number of aliphatic hydroxyl groups excluding tert-OH is 1. The number of cyclic esters (lactones) is 2. The third-order valence-electron chi connectivity index (χ3n) is 7.25. The first kappa shape index (κ1) is 19.7.